The number of allylic oxidation sites excluding steroid dienone is 1. The van der Waals surface area contributed by atoms with Crippen LogP contribution in [0.15, 0.2) is 17.9 Å². The molecule has 0 aromatic carbocycles. The lowest BCUT2D eigenvalue weighted by Gasteiger charge is -2.06. The van der Waals surface area contributed by atoms with Gasteiger partial charge in [-0.05, 0) is 24.8 Å². The fourth-order valence-corrected chi connectivity index (χ4v) is 0.709. The Kier molecular flexibility index (Phi) is 4.61. The summed E-state index contributed by atoms with van der Waals surface area (Å²) in [5, 5.41) is 0. The van der Waals surface area contributed by atoms with Crippen molar-refractivity contribution in [3.8, 4) is 0 Å². The predicted molar refractivity (Wildman–Crippen MR) is 42.8 cm³/mol. The van der Waals surface area contributed by atoms with Gasteiger partial charge in [-0.3, -0.25) is 0 Å². The van der Waals surface area contributed by atoms with E-state index in [1.54, 1.807) is 0 Å². The summed E-state index contributed by atoms with van der Waals surface area (Å²) >= 11 is 0. The lowest BCUT2D eigenvalue weighted by molar-refractivity contribution is -0.108. The highest BCUT2D eigenvalue weighted by molar-refractivity contribution is 5.49. The summed E-state index contributed by atoms with van der Waals surface area (Å²) in [6.45, 7) is 7.61. The second-order valence-electron chi connectivity index (χ2n) is 2.50. The summed E-state index contributed by atoms with van der Waals surface area (Å²) < 4.78 is 0. The molecule has 0 aliphatic heterocycles. The van der Waals surface area contributed by atoms with E-state index >= 15 is 0 Å². The zero-order chi connectivity index (χ0) is 7.98. The molecule has 0 rings (SSSR count). The van der Waals surface area contributed by atoms with Crippen LogP contribution in [0.25, 0.3) is 0 Å². The average molecular weight is 138 g/mol. The maximum absolute atomic E-state index is 9.97. The van der Waals surface area contributed by atoms with Crippen molar-refractivity contribution >= 4 is 6.29 Å². The molecule has 0 aliphatic rings. The van der Waals surface area contributed by atoms with E-state index in [2.05, 4.69) is 19.2 Å². The third kappa shape index (κ3) is 3.26. The van der Waals surface area contributed by atoms with Crippen LogP contribution in [-0.4, -0.2) is 6.29 Å². The lowest BCUT2D eigenvalue weighted by Crippen LogP contribution is -1.95. The molecule has 1 heteroatoms. The molecule has 0 bridgehead atoms. The van der Waals surface area contributed by atoms with E-state index in [1.807, 2.05) is 6.92 Å². The monoisotopic (exact) mass is 138 g/mol. The topological polar surface area (TPSA) is 17.1 Å². The number of hydrogen-bond acceptors (Lipinski definition) is 1. The van der Waals surface area contributed by atoms with Crippen LogP contribution in [0.3, 0.4) is 0 Å². The van der Waals surface area contributed by atoms with Crippen molar-refractivity contribution in [2.45, 2.75) is 26.7 Å². The van der Waals surface area contributed by atoms with Crippen molar-refractivity contribution in [3.05, 3.63) is 17.9 Å². The Hall–Kier alpha value is -0.810. The third-order valence-electron chi connectivity index (χ3n) is 1.74. The summed E-state index contributed by atoms with van der Waals surface area (Å²) in [6.07, 6.45) is 2.50. The first kappa shape index (κ1) is 9.19. The van der Waals surface area contributed by atoms with Gasteiger partial charge in [0.25, 0.3) is 0 Å². The van der Waals surface area contributed by atoms with Crippen molar-refractivity contribution < 1.29 is 4.79 Å². The van der Waals surface area contributed by atoms with Gasteiger partial charge in [0, 0.05) is 6.42 Å². The van der Waals surface area contributed by atoms with Gasteiger partial charge in [0.1, 0.15) is 6.29 Å². The van der Waals surface area contributed by atoms with Crippen molar-refractivity contribution in [1.82, 2.24) is 0 Å². The quantitative estimate of drug-likeness (QED) is 0.430. The summed E-state index contributed by atoms with van der Waals surface area (Å²) in [7, 11) is 0. The molecule has 0 aromatic rings. The molecular formula is C9H14O. The minimum atomic E-state index is 0.447. The molecule has 0 amide bonds. The second kappa shape index (κ2) is 5.01. The normalized spacial score (nSPS) is 11.8. The Morgan fingerprint density at radius 3 is 2.80 bits per heavy atom. The molecule has 0 N–H and O–H groups in total. The van der Waals surface area contributed by atoms with Crippen LogP contribution in [0.2, 0.25) is 0 Å². The molecule has 0 saturated carbocycles. The van der Waals surface area contributed by atoms with Crippen molar-refractivity contribution in [2.24, 2.45) is 5.92 Å². The Morgan fingerprint density at radius 2 is 2.40 bits per heavy atom. The highest BCUT2D eigenvalue weighted by atomic mass is 16.1. The molecule has 0 heterocycles. The van der Waals surface area contributed by atoms with Gasteiger partial charge < -0.3 is 4.79 Å². The molecule has 0 radical (unpaired) electrons. The Bertz CT molecular complexity index is 152. The summed E-state index contributed by atoms with van der Waals surface area (Å²) in [6, 6.07) is 0. The molecule has 10 heavy (non-hydrogen) atoms. The number of hydrogen-bond donors (Lipinski definition) is 0. The fraction of sp³-hybridized carbons (Fsp3) is 0.556. The number of carbonyl (C=O) groups is 1. The summed E-state index contributed by atoms with van der Waals surface area (Å²) in [5.41, 5.74) is 3.96. The first-order chi connectivity index (χ1) is 4.72. The van der Waals surface area contributed by atoms with Crippen molar-refractivity contribution in [1.29, 1.82) is 0 Å². The highest BCUT2D eigenvalue weighted by Crippen LogP contribution is 2.13. The maximum Gasteiger partial charge on any atom is 0.120 e. The smallest absolute Gasteiger partial charge is 0.120 e. The van der Waals surface area contributed by atoms with E-state index in [0.717, 1.165) is 18.3 Å². The minimum absolute atomic E-state index is 0.447. The van der Waals surface area contributed by atoms with Crippen LogP contribution in [0.5, 0.6) is 0 Å². The van der Waals surface area contributed by atoms with E-state index in [9.17, 15) is 4.79 Å². The first-order valence-corrected chi connectivity index (χ1v) is 3.52. The fourth-order valence-electron chi connectivity index (χ4n) is 0.709. The van der Waals surface area contributed by atoms with Gasteiger partial charge in [-0.25, -0.2) is 0 Å². The maximum atomic E-state index is 9.97. The Morgan fingerprint density at radius 1 is 1.80 bits per heavy atom. The van der Waals surface area contributed by atoms with Crippen LogP contribution in [0, 0.1) is 5.92 Å². The van der Waals surface area contributed by atoms with Crippen LogP contribution in [0.4, 0.5) is 0 Å². The second-order valence-corrected chi connectivity index (χ2v) is 2.50. The van der Waals surface area contributed by atoms with Gasteiger partial charge in [0.05, 0.1) is 0 Å². The van der Waals surface area contributed by atoms with Gasteiger partial charge in [0.15, 0.2) is 0 Å². The SMILES string of the molecule is C=C=C(C)C(C)CCC=O. The number of carbonyl (C=O) groups excluding carboxylic acids is 1. The Labute approximate surface area is 62.4 Å². The number of rotatable bonds is 4. The van der Waals surface area contributed by atoms with E-state index in [4.69, 9.17) is 0 Å². The molecule has 0 aliphatic carbocycles. The molecule has 1 nitrogen and oxygen atoms in total. The van der Waals surface area contributed by atoms with Gasteiger partial charge in [-0.2, -0.15) is 0 Å². The third-order valence-corrected chi connectivity index (χ3v) is 1.74. The summed E-state index contributed by atoms with van der Waals surface area (Å²) in [4.78, 5) is 9.97. The molecule has 0 aromatic heterocycles. The minimum Gasteiger partial charge on any atom is -0.303 e. The predicted octanol–water partition coefficient (Wildman–Crippen LogP) is 2.33. The van der Waals surface area contributed by atoms with Gasteiger partial charge in [-0.1, -0.05) is 13.5 Å². The van der Waals surface area contributed by atoms with E-state index in [0.29, 0.717) is 12.3 Å². The lowest BCUT2D eigenvalue weighted by atomic mass is 9.99. The zero-order valence-corrected chi connectivity index (χ0v) is 6.68. The Balaban J connectivity index is 3.72. The van der Waals surface area contributed by atoms with E-state index in [-0.39, 0.29) is 0 Å². The van der Waals surface area contributed by atoms with Crippen LogP contribution >= 0.6 is 0 Å². The molecule has 0 fully saturated rings. The molecular weight excluding hydrogens is 124 g/mol. The highest BCUT2D eigenvalue weighted by Gasteiger charge is 2.01. The van der Waals surface area contributed by atoms with E-state index < -0.39 is 0 Å². The van der Waals surface area contributed by atoms with E-state index in [1.165, 1.54) is 0 Å². The molecule has 1 unspecified atom stereocenters. The van der Waals surface area contributed by atoms with Crippen LogP contribution in [-0.2, 0) is 4.79 Å². The molecule has 56 valence electrons. The van der Waals surface area contributed by atoms with Crippen molar-refractivity contribution in [2.75, 3.05) is 0 Å². The average Bonchev–Trinajstić information content (AvgIpc) is 1.98. The number of aldehydes is 1. The zero-order valence-electron chi connectivity index (χ0n) is 6.68. The van der Waals surface area contributed by atoms with Gasteiger partial charge in [-0.15, -0.1) is 5.73 Å². The first-order valence-electron chi connectivity index (χ1n) is 3.52. The van der Waals surface area contributed by atoms with Gasteiger partial charge in [0.2, 0.25) is 0 Å². The van der Waals surface area contributed by atoms with Crippen LogP contribution < -0.4 is 0 Å². The standard InChI is InChI=1S/C9H14O/c1-4-8(2)9(3)6-5-7-10/h7,9H,1,5-6H2,2-3H3. The molecule has 0 spiro atoms. The largest absolute Gasteiger partial charge is 0.303 e. The summed E-state index contributed by atoms with van der Waals surface area (Å²) in [5.74, 6) is 0.447. The molecule has 0 saturated heterocycles. The van der Waals surface area contributed by atoms with Gasteiger partial charge >= 0.3 is 0 Å². The van der Waals surface area contributed by atoms with Crippen molar-refractivity contribution in [3.63, 3.8) is 0 Å². The molecule has 1 atom stereocenters. The van der Waals surface area contributed by atoms with Crippen LogP contribution in [0.1, 0.15) is 26.7 Å².